The average Bonchev–Trinajstić information content (AvgIpc) is 2.46. The highest BCUT2D eigenvalue weighted by Gasteiger charge is 2.10. The molecule has 0 amide bonds. The second kappa shape index (κ2) is 6.69. The second-order valence-corrected chi connectivity index (χ2v) is 5.60. The SMILES string of the molecule is C[C@@H](N)c1cc(Br)ccc1OCc1ccc([N+](=O)[O-])cc1. The topological polar surface area (TPSA) is 78.4 Å². The Morgan fingerprint density at radius 1 is 1.29 bits per heavy atom. The summed E-state index contributed by atoms with van der Waals surface area (Å²) < 4.78 is 6.71. The van der Waals surface area contributed by atoms with Gasteiger partial charge in [-0.05, 0) is 42.8 Å². The molecule has 2 N–H and O–H groups in total. The molecule has 0 aliphatic rings. The Kier molecular flexibility index (Phi) is 4.93. The van der Waals surface area contributed by atoms with Crippen LogP contribution in [-0.2, 0) is 6.61 Å². The quantitative estimate of drug-likeness (QED) is 0.653. The summed E-state index contributed by atoms with van der Waals surface area (Å²) >= 11 is 3.41. The lowest BCUT2D eigenvalue weighted by atomic mass is 10.1. The zero-order chi connectivity index (χ0) is 15.4. The molecule has 0 fully saturated rings. The number of nitrogens with zero attached hydrogens (tertiary/aromatic N) is 1. The van der Waals surface area contributed by atoms with Gasteiger partial charge >= 0.3 is 0 Å². The Morgan fingerprint density at radius 2 is 1.95 bits per heavy atom. The summed E-state index contributed by atoms with van der Waals surface area (Å²) in [7, 11) is 0. The van der Waals surface area contributed by atoms with Gasteiger partial charge in [0.2, 0.25) is 0 Å². The number of halogens is 1. The molecule has 0 radical (unpaired) electrons. The normalized spacial score (nSPS) is 12.0. The third-order valence-corrected chi connectivity index (χ3v) is 3.50. The molecule has 0 aliphatic heterocycles. The van der Waals surface area contributed by atoms with Gasteiger partial charge in [-0.25, -0.2) is 0 Å². The van der Waals surface area contributed by atoms with Gasteiger partial charge in [-0.1, -0.05) is 15.9 Å². The molecular weight excluding hydrogens is 336 g/mol. The van der Waals surface area contributed by atoms with Crippen molar-refractivity contribution in [2.75, 3.05) is 0 Å². The third-order valence-electron chi connectivity index (χ3n) is 3.00. The van der Waals surface area contributed by atoms with Crippen molar-refractivity contribution in [1.29, 1.82) is 0 Å². The number of nitro groups is 1. The minimum absolute atomic E-state index is 0.0682. The van der Waals surface area contributed by atoms with Crippen molar-refractivity contribution in [3.63, 3.8) is 0 Å². The Labute approximate surface area is 131 Å². The van der Waals surface area contributed by atoms with Gasteiger partial charge in [0.15, 0.2) is 0 Å². The van der Waals surface area contributed by atoms with Crippen LogP contribution in [0.1, 0.15) is 24.1 Å². The molecule has 110 valence electrons. The Balaban J connectivity index is 2.11. The molecule has 0 aliphatic carbocycles. The fourth-order valence-corrected chi connectivity index (χ4v) is 2.26. The summed E-state index contributed by atoms with van der Waals surface area (Å²) in [6.07, 6.45) is 0. The minimum atomic E-state index is -0.423. The Morgan fingerprint density at radius 3 is 2.52 bits per heavy atom. The molecule has 2 aromatic rings. The third kappa shape index (κ3) is 4.03. The summed E-state index contributed by atoms with van der Waals surface area (Å²) in [4.78, 5) is 10.2. The average molecular weight is 351 g/mol. The van der Waals surface area contributed by atoms with Crippen LogP contribution in [0, 0.1) is 10.1 Å². The Bertz CT molecular complexity index is 642. The molecule has 0 bridgehead atoms. The number of nitrogens with two attached hydrogens (primary N) is 1. The number of benzene rings is 2. The van der Waals surface area contributed by atoms with E-state index in [0.29, 0.717) is 12.4 Å². The van der Waals surface area contributed by atoms with Gasteiger partial charge in [0.25, 0.3) is 5.69 Å². The van der Waals surface area contributed by atoms with Crippen molar-refractivity contribution in [3.8, 4) is 5.75 Å². The van der Waals surface area contributed by atoms with Gasteiger partial charge in [-0.15, -0.1) is 0 Å². The van der Waals surface area contributed by atoms with Crippen molar-refractivity contribution in [3.05, 3.63) is 68.2 Å². The van der Waals surface area contributed by atoms with Gasteiger partial charge < -0.3 is 10.5 Å². The monoisotopic (exact) mass is 350 g/mol. The first-order valence-corrected chi connectivity index (χ1v) is 7.18. The molecule has 0 saturated carbocycles. The summed E-state index contributed by atoms with van der Waals surface area (Å²) in [6.45, 7) is 2.22. The van der Waals surface area contributed by atoms with E-state index in [0.717, 1.165) is 15.6 Å². The summed E-state index contributed by atoms with van der Waals surface area (Å²) in [5.41, 5.74) is 7.77. The van der Waals surface area contributed by atoms with E-state index in [1.165, 1.54) is 12.1 Å². The van der Waals surface area contributed by atoms with E-state index in [1.54, 1.807) is 12.1 Å². The smallest absolute Gasteiger partial charge is 0.269 e. The van der Waals surface area contributed by atoms with Crippen molar-refractivity contribution >= 4 is 21.6 Å². The first-order valence-electron chi connectivity index (χ1n) is 6.38. The van der Waals surface area contributed by atoms with Gasteiger partial charge in [0.05, 0.1) is 4.92 Å². The predicted octanol–water partition coefficient (Wildman–Crippen LogP) is 3.96. The lowest BCUT2D eigenvalue weighted by molar-refractivity contribution is -0.384. The standard InChI is InChI=1S/C15H15BrN2O3/c1-10(17)14-8-12(16)4-7-15(14)21-9-11-2-5-13(6-3-11)18(19)20/h2-8,10H,9,17H2,1H3/t10-/m1/s1. The molecule has 2 aromatic carbocycles. The van der Waals surface area contributed by atoms with Crippen LogP contribution in [0.3, 0.4) is 0 Å². The lowest BCUT2D eigenvalue weighted by Gasteiger charge is -2.14. The van der Waals surface area contributed by atoms with Crippen LogP contribution < -0.4 is 10.5 Å². The zero-order valence-corrected chi connectivity index (χ0v) is 13.0. The van der Waals surface area contributed by atoms with Crippen LogP contribution in [0.2, 0.25) is 0 Å². The first kappa shape index (κ1) is 15.5. The number of rotatable bonds is 5. The molecular formula is C15H15BrN2O3. The number of hydrogen-bond acceptors (Lipinski definition) is 4. The Hall–Kier alpha value is -1.92. The second-order valence-electron chi connectivity index (χ2n) is 4.68. The van der Waals surface area contributed by atoms with Crippen LogP contribution >= 0.6 is 15.9 Å². The van der Waals surface area contributed by atoms with E-state index in [9.17, 15) is 10.1 Å². The summed E-state index contributed by atoms with van der Waals surface area (Å²) in [6, 6.07) is 11.8. The minimum Gasteiger partial charge on any atom is -0.489 e. The van der Waals surface area contributed by atoms with Crippen molar-refractivity contribution < 1.29 is 9.66 Å². The maximum atomic E-state index is 10.6. The zero-order valence-electron chi connectivity index (χ0n) is 11.5. The van der Waals surface area contributed by atoms with E-state index < -0.39 is 4.92 Å². The van der Waals surface area contributed by atoms with Crippen LogP contribution in [0.4, 0.5) is 5.69 Å². The first-order chi connectivity index (χ1) is 9.97. The fourth-order valence-electron chi connectivity index (χ4n) is 1.88. The predicted molar refractivity (Wildman–Crippen MR) is 84.2 cm³/mol. The van der Waals surface area contributed by atoms with Crippen molar-refractivity contribution in [2.45, 2.75) is 19.6 Å². The highest BCUT2D eigenvalue weighted by molar-refractivity contribution is 9.10. The molecule has 0 spiro atoms. The van der Waals surface area contributed by atoms with E-state index in [-0.39, 0.29) is 11.7 Å². The molecule has 1 atom stereocenters. The number of non-ortho nitro benzene ring substituents is 1. The fraction of sp³-hybridized carbons (Fsp3) is 0.200. The molecule has 0 saturated heterocycles. The lowest BCUT2D eigenvalue weighted by Crippen LogP contribution is -2.08. The van der Waals surface area contributed by atoms with Gasteiger partial charge in [-0.2, -0.15) is 0 Å². The van der Waals surface area contributed by atoms with Crippen molar-refractivity contribution in [1.82, 2.24) is 0 Å². The largest absolute Gasteiger partial charge is 0.489 e. The van der Waals surface area contributed by atoms with Crippen LogP contribution in [-0.4, -0.2) is 4.92 Å². The highest BCUT2D eigenvalue weighted by atomic mass is 79.9. The molecule has 5 nitrogen and oxygen atoms in total. The van der Waals surface area contributed by atoms with Crippen LogP contribution in [0.15, 0.2) is 46.9 Å². The molecule has 21 heavy (non-hydrogen) atoms. The molecule has 0 heterocycles. The van der Waals surface area contributed by atoms with Crippen molar-refractivity contribution in [2.24, 2.45) is 5.73 Å². The number of ether oxygens (including phenoxy) is 1. The molecule has 0 aromatic heterocycles. The van der Waals surface area contributed by atoms with E-state index in [4.69, 9.17) is 10.5 Å². The highest BCUT2D eigenvalue weighted by Crippen LogP contribution is 2.28. The maximum absolute atomic E-state index is 10.6. The summed E-state index contributed by atoms with van der Waals surface area (Å²) in [5, 5.41) is 10.6. The summed E-state index contributed by atoms with van der Waals surface area (Å²) in [5.74, 6) is 0.714. The van der Waals surface area contributed by atoms with Crippen LogP contribution in [0.5, 0.6) is 5.75 Å². The van der Waals surface area contributed by atoms with Gasteiger partial charge in [0, 0.05) is 28.2 Å². The van der Waals surface area contributed by atoms with E-state index in [2.05, 4.69) is 15.9 Å². The van der Waals surface area contributed by atoms with Gasteiger partial charge in [0.1, 0.15) is 12.4 Å². The van der Waals surface area contributed by atoms with Gasteiger partial charge in [-0.3, -0.25) is 10.1 Å². The number of hydrogen-bond donors (Lipinski definition) is 1. The maximum Gasteiger partial charge on any atom is 0.269 e. The van der Waals surface area contributed by atoms with Crippen LogP contribution in [0.25, 0.3) is 0 Å². The molecule has 6 heteroatoms. The van der Waals surface area contributed by atoms with E-state index in [1.807, 2.05) is 25.1 Å². The van der Waals surface area contributed by atoms with E-state index >= 15 is 0 Å². The molecule has 0 unspecified atom stereocenters. The molecule has 2 rings (SSSR count). The number of nitro benzene ring substituents is 1.